The Hall–Kier alpha value is -3.21. The smallest absolute Gasteiger partial charge is 0.222 e. The highest BCUT2D eigenvalue weighted by atomic mass is 15.3. The lowest BCUT2D eigenvalue weighted by molar-refractivity contribution is 1.09. The molecule has 0 saturated carbocycles. The first kappa shape index (κ1) is 13.5. The van der Waals surface area contributed by atoms with E-state index in [1.54, 1.807) is 0 Å². The molecular formula is C18H15N5. The molecule has 0 spiro atoms. The number of fused-ring (bicyclic) bond motifs is 1. The van der Waals surface area contributed by atoms with Crippen molar-refractivity contribution in [2.75, 3.05) is 5.32 Å². The Kier molecular flexibility index (Phi) is 3.24. The molecule has 0 saturated heterocycles. The number of rotatable bonds is 3. The molecule has 5 heteroatoms. The van der Waals surface area contributed by atoms with Crippen molar-refractivity contribution in [2.24, 2.45) is 0 Å². The van der Waals surface area contributed by atoms with Gasteiger partial charge in [0.2, 0.25) is 5.95 Å². The molecule has 4 aromatic rings. The van der Waals surface area contributed by atoms with E-state index in [0.717, 1.165) is 27.8 Å². The lowest BCUT2D eigenvalue weighted by Crippen LogP contribution is -1.97. The van der Waals surface area contributed by atoms with Gasteiger partial charge in [0.05, 0.1) is 16.9 Å². The largest absolute Gasteiger partial charge is 0.324 e. The first-order chi connectivity index (χ1) is 11.3. The van der Waals surface area contributed by atoms with E-state index in [0.29, 0.717) is 5.95 Å². The number of anilines is 2. The van der Waals surface area contributed by atoms with Crippen LogP contribution in [0, 0.1) is 6.92 Å². The number of nitrogens with one attached hydrogen (secondary N) is 2. The average Bonchev–Trinajstić information content (AvgIpc) is 3.08. The van der Waals surface area contributed by atoms with Crippen LogP contribution in [-0.4, -0.2) is 20.2 Å². The number of H-pyrrole nitrogens is 1. The van der Waals surface area contributed by atoms with Crippen LogP contribution in [-0.2, 0) is 0 Å². The van der Waals surface area contributed by atoms with Crippen molar-refractivity contribution in [1.82, 2.24) is 20.2 Å². The van der Waals surface area contributed by atoms with Crippen molar-refractivity contribution in [3.8, 4) is 11.3 Å². The molecule has 0 amide bonds. The second-order valence-corrected chi connectivity index (χ2v) is 5.35. The molecule has 0 atom stereocenters. The molecule has 0 aliphatic carbocycles. The van der Waals surface area contributed by atoms with Gasteiger partial charge in [0.1, 0.15) is 6.33 Å². The monoisotopic (exact) mass is 301 g/mol. The van der Waals surface area contributed by atoms with E-state index in [1.807, 2.05) is 42.5 Å². The van der Waals surface area contributed by atoms with Gasteiger partial charge in [0.15, 0.2) is 0 Å². The Bertz CT molecular complexity index is 960. The highest BCUT2D eigenvalue weighted by Gasteiger charge is 2.10. The fourth-order valence-corrected chi connectivity index (χ4v) is 2.67. The van der Waals surface area contributed by atoms with Gasteiger partial charge in [-0.05, 0) is 24.6 Å². The third-order valence-electron chi connectivity index (χ3n) is 3.81. The van der Waals surface area contributed by atoms with Crippen LogP contribution < -0.4 is 5.32 Å². The maximum Gasteiger partial charge on any atom is 0.222 e. The Labute approximate surface area is 133 Å². The first-order valence-corrected chi connectivity index (χ1v) is 7.39. The Morgan fingerprint density at radius 2 is 1.83 bits per heavy atom. The zero-order valence-electron chi connectivity index (χ0n) is 12.6. The normalized spacial score (nSPS) is 10.8. The lowest BCUT2D eigenvalue weighted by atomic mass is 10.0. The molecule has 5 nitrogen and oxygen atoms in total. The first-order valence-electron chi connectivity index (χ1n) is 7.39. The second kappa shape index (κ2) is 5.53. The van der Waals surface area contributed by atoms with Gasteiger partial charge in [-0.15, -0.1) is 0 Å². The molecule has 0 fully saturated rings. The standard InChI is InChI=1S/C18H15N5/c1-12-6-2-3-7-13(12)16-10-17(22-18-19-11-20-23-18)14-8-4-5-9-15(14)21-16/h2-11H,1H3,(H2,19,20,21,22,23). The summed E-state index contributed by atoms with van der Waals surface area (Å²) in [5.74, 6) is 0.608. The summed E-state index contributed by atoms with van der Waals surface area (Å²) < 4.78 is 0. The summed E-state index contributed by atoms with van der Waals surface area (Å²) in [5, 5.41) is 11.0. The summed E-state index contributed by atoms with van der Waals surface area (Å²) in [7, 11) is 0. The van der Waals surface area contributed by atoms with Crippen LogP contribution in [0.1, 0.15) is 5.56 Å². The number of pyridine rings is 1. The molecule has 2 heterocycles. The summed E-state index contributed by atoms with van der Waals surface area (Å²) in [6.45, 7) is 2.09. The van der Waals surface area contributed by atoms with Gasteiger partial charge in [0, 0.05) is 10.9 Å². The zero-order valence-corrected chi connectivity index (χ0v) is 12.6. The third-order valence-corrected chi connectivity index (χ3v) is 3.81. The van der Waals surface area contributed by atoms with Crippen molar-refractivity contribution in [3.05, 3.63) is 66.5 Å². The lowest BCUT2D eigenvalue weighted by Gasteiger charge is -2.11. The van der Waals surface area contributed by atoms with Gasteiger partial charge in [-0.2, -0.15) is 10.1 Å². The third kappa shape index (κ3) is 2.53. The highest BCUT2D eigenvalue weighted by molar-refractivity contribution is 5.95. The molecule has 112 valence electrons. The second-order valence-electron chi connectivity index (χ2n) is 5.35. The van der Waals surface area contributed by atoms with E-state index in [2.05, 4.69) is 39.6 Å². The minimum absolute atomic E-state index is 0.608. The van der Waals surface area contributed by atoms with E-state index in [-0.39, 0.29) is 0 Å². The molecule has 0 radical (unpaired) electrons. The fraction of sp³-hybridized carbons (Fsp3) is 0.0556. The van der Waals surface area contributed by atoms with Crippen LogP contribution in [0.2, 0.25) is 0 Å². The Morgan fingerprint density at radius 3 is 2.65 bits per heavy atom. The molecule has 0 unspecified atom stereocenters. The summed E-state index contributed by atoms with van der Waals surface area (Å²) in [5.41, 5.74) is 5.14. The van der Waals surface area contributed by atoms with Crippen molar-refractivity contribution in [2.45, 2.75) is 6.92 Å². The van der Waals surface area contributed by atoms with Gasteiger partial charge in [-0.25, -0.2) is 10.1 Å². The van der Waals surface area contributed by atoms with Gasteiger partial charge >= 0.3 is 0 Å². The molecular weight excluding hydrogens is 286 g/mol. The van der Waals surface area contributed by atoms with E-state index in [1.165, 1.54) is 11.9 Å². The quantitative estimate of drug-likeness (QED) is 0.598. The molecule has 4 rings (SSSR count). The predicted octanol–water partition coefficient (Wildman–Crippen LogP) is 4.07. The summed E-state index contributed by atoms with van der Waals surface area (Å²) >= 11 is 0. The number of benzene rings is 2. The van der Waals surface area contributed by atoms with E-state index in [4.69, 9.17) is 4.98 Å². The van der Waals surface area contributed by atoms with Crippen LogP contribution >= 0.6 is 0 Å². The van der Waals surface area contributed by atoms with Gasteiger partial charge < -0.3 is 5.32 Å². The van der Waals surface area contributed by atoms with E-state index < -0.39 is 0 Å². The molecule has 2 aromatic heterocycles. The predicted molar refractivity (Wildman–Crippen MR) is 91.6 cm³/mol. The molecule has 0 bridgehead atoms. The van der Waals surface area contributed by atoms with Crippen LogP contribution in [0.15, 0.2) is 60.9 Å². The van der Waals surface area contributed by atoms with Crippen LogP contribution in [0.25, 0.3) is 22.2 Å². The Morgan fingerprint density at radius 1 is 1.00 bits per heavy atom. The van der Waals surface area contributed by atoms with Crippen LogP contribution in [0.4, 0.5) is 11.6 Å². The van der Waals surface area contributed by atoms with Gasteiger partial charge in [-0.3, -0.25) is 0 Å². The number of aryl methyl sites for hydroxylation is 1. The van der Waals surface area contributed by atoms with Crippen molar-refractivity contribution in [1.29, 1.82) is 0 Å². The van der Waals surface area contributed by atoms with Crippen LogP contribution in [0.5, 0.6) is 0 Å². The SMILES string of the molecule is Cc1ccccc1-c1cc(Nc2ncn[nH]2)c2ccccc2n1. The van der Waals surface area contributed by atoms with Crippen LogP contribution in [0.3, 0.4) is 0 Å². The maximum absolute atomic E-state index is 4.81. The number of nitrogens with zero attached hydrogens (tertiary/aromatic N) is 3. The molecule has 2 N–H and O–H groups in total. The fourth-order valence-electron chi connectivity index (χ4n) is 2.67. The van der Waals surface area contributed by atoms with Crippen molar-refractivity contribution < 1.29 is 0 Å². The molecule has 2 aromatic carbocycles. The van der Waals surface area contributed by atoms with Crippen molar-refractivity contribution in [3.63, 3.8) is 0 Å². The van der Waals surface area contributed by atoms with Gasteiger partial charge in [0.25, 0.3) is 0 Å². The number of hydrogen-bond donors (Lipinski definition) is 2. The number of hydrogen-bond acceptors (Lipinski definition) is 4. The summed E-state index contributed by atoms with van der Waals surface area (Å²) in [6, 6.07) is 18.4. The minimum Gasteiger partial charge on any atom is -0.324 e. The summed E-state index contributed by atoms with van der Waals surface area (Å²) in [4.78, 5) is 8.95. The van der Waals surface area contributed by atoms with Crippen molar-refractivity contribution >= 4 is 22.5 Å². The zero-order chi connectivity index (χ0) is 15.6. The van der Waals surface area contributed by atoms with E-state index in [9.17, 15) is 0 Å². The van der Waals surface area contributed by atoms with E-state index >= 15 is 0 Å². The molecule has 0 aliphatic heterocycles. The molecule has 23 heavy (non-hydrogen) atoms. The minimum atomic E-state index is 0.608. The number of aromatic amines is 1. The Balaban J connectivity index is 1.91. The topological polar surface area (TPSA) is 66.5 Å². The number of aromatic nitrogens is 4. The summed E-state index contributed by atoms with van der Waals surface area (Å²) in [6.07, 6.45) is 1.48. The number of para-hydroxylation sites is 1. The molecule has 0 aliphatic rings. The average molecular weight is 301 g/mol. The van der Waals surface area contributed by atoms with Gasteiger partial charge in [-0.1, -0.05) is 42.5 Å². The maximum atomic E-state index is 4.81. The highest BCUT2D eigenvalue weighted by Crippen LogP contribution is 2.30.